The van der Waals surface area contributed by atoms with Crippen LogP contribution in [0.4, 0.5) is 0 Å². The standard InChI is InChI=1S/C24H40O4/c1-14(5-4-10-25)17-6-7-18-22-19(13-21(28)24(17,18)3)23(2)9-8-16(26)11-15(23)12-20(22)27/h14-15,17-22,25,27-28H,4-13H2,1-3H3. The fraction of sp³-hybridized carbons (Fsp3) is 0.958. The average Bonchev–Trinajstić information content (AvgIpc) is 3.01. The molecule has 0 saturated heterocycles. The fourth-order valence-electron chi connectivity index (χ4n) is 8.56. The molecule has 28 heavy (non-hydrogen) atoms. The van der Waals surface area contributed by atoms with Crippen LogP contribution in [0.15, 0.2) is 0 Å². The van der Waals surface area contributed by atoms with Gasteiger partial charge in [-0.05, 0) is 91.3 Å². The van der Waals surface area contributed by atoms with Crippen LogP contribution in [0.1, 0.15) is 78.6 Å². The molecule has 0 bridgehead atoms. The Balaban J connectivity index is 1.63. The molecule has 0 aromatic carbocycles. The van der Waals surface area contributed by atoms with Crippen LogP contribution in [-0.2, 0) is 4.79 Å². The summed E-state index contributed by atoms with van der Waals surface area (Å²) in [6.45, 7) is 7.16. The predicted octanol–water partition coefficient (Wildman–Crippen LogP) is 3.56. The molecule has 10 unspecified atom stereocenters. The lowest BCUT2D eigenvalue weighted by atomic mass is 9.43. The van der Waals surface area contributed by atoms with E-state index in [2.05, 4.69) is 20.8 Å². The molecule has 4 fully saturated rings. The number of hydrogen-bond donors (Lipinski definition) is 3. The average molecular weight is 393 g/mol. The van der Waals surface area contributed by atoms with Gasteiger partial charge in [0.2, 0.25) is 0 Å². The van der Waals surface area contributed by atoms with Crippen molar-refractivity contribution in [2.45, 2.75) is 90.8 Å². The minimum absolute atomic E-state index is 0.0840. The summed E-state index contributed by atoms with van der Waals surface area (Å²) in [6, 6.07) is 0. The summed E-state index contributed by atoms with van der Waals surface area (Å²) in [6.07, 6.45) is 7.15. The molecule has 4 saturated carbocycles. The third-order valence-electron chi connectivity index (χ3n) is 10.2. The molecule has 0 aliphatic heterocycles. The van der Waals surface area contributed by atoms with E-state index in [1.54, 1.807) is 0 Å². The molecular formula is C24H40O4. The molecule has 4 aliphatic rings. The number of aliphatic hydroxyl groups is 3. The van der Waals surface area contributed by atoms with Crippen LogP contribution in [0.2, 0.25) is 0 Å². The van der Waals surface area contributed by atoms with Gasteiger partial charge in [-0.15, -0.1) is 0 Å². The largest absolute Gasteiger partial charge is 0.396 e. The second-order valence-corrected chi connectivity index (χ2v) is 11.2. The van der Waals surface area contributed by atoms with Crippen molar-refractivity contribution in [2.75, 3.05) is 6.61 Å². The van der Waals surface area contributed by atoms with Crippen LogP contribution < -0.4 is 0 Å². The summed E-state index contributed by atoms with van der Waals surface area (Å²) in [5.41, 5.74) is -0.0502. The molecule has 4 rings (SSSR count). The minimum Gasteiger partial charge on any atom is -0.396 e. The number of fused-ring (bicyclic) bond motifs is 5. The van der Waals surface area contributed by atoms with Gasteiger partial charge in [-0.1, -0.05) is 20.8 Å². The number of hydrogen-bond acceptors (Lipinski definition) is 4. The highest BCUT2D eigenvalue weighted by molar-refractivity contribution is 5.79. The van der Waals surface area contributed by atoms with Crippen LogP contribution in [0, 0.1) is 46.3 Å². The third-order valence-corrected chi connectivity index (χ3v) is 10.2. The predicted molar refractivity (Wildman–Crippen MR) is 108 cm³/mol. The number of rotatable bonds is 4. The first-order chi connectivity index (χ1) is 13.2. The Morgan fingerprint density at radius 1 is 1.14 bits per heavy atom. The maximum atomic E-state index is 12.1. The van der Waals surface area contributed by atoms with Crippen LogP contribution in [-0.4, -0.2) is 39.9 Å². The first kappa shape index (κ1) is 20.8. The lowest BCUT2D eigenvalue weighted by Crippen LogP contribution is -2.62. The lowest BCUT2D eigenvalue weighted by molar-refractivity contribution is -0.201. The molecule has 0 spiro atoms. The maximum Gasteiger partial charge on any atom is 0.133 e. The second kappa shape index (κ2) is 7.35. The molecule has 0 heterocycles. The molecule has 160 valence electrons. The molecule has 10 atom stereocenters. The van der Waals surface area contributed by atoms with Gasteiger partial charge in [-0.2, -0.15) is 0 Å². The Labute approximate surface area is 170 Å². The summed E-state index contributed by atoms with van der Waals surface area (Å²) >= 11 is 0. The molecule has 3 N–H and O–H groups in total. The van der Waals surface area contributed by atoms with Gasteiger partial charge in [0, 0.05) is 19.4 Å². The molecule has 0 aromatic rings. The van der Waals surface area contributed by atoms with Crippen molar-refractivity contribution in [3.8, 4) is 0 Å². The van der Waals surface area contributed by atoms with Gasteiger partial charge >= 0.3 is 0 Å². The summed E-state index contributed by atoms with van der Waals surface area (Å²) in [5.74, 6) is 2.55. The van der Waals surface area contributed by atoms with Crippen LogP contribution >= 0.6 is 0 Å². The van der Waals surface area contributed by atoms with Crippen molar-refractivity contribution < 1.29 is 20.1 Å². The zero-order valence-electron chi connectivity index (χ0n) is 17.9. The smallest absolute Gasteiger partial charge is 0.133 e. The van der Waals surface area contributed by atoms with Gasteiger partial charge in [0.05, 0.1) is 12.2 Å². The van der Waals surface area contributed by atoms with Crippen LogP contribution in [0.5, 0.6) is 0 Å². The highest BCUT2D eigenvalue weighted by atomic mass is 16.3. The number of Topliss-reactive ketones (excluding diaryl/α,β-unsaturated/α-hetero) is 1. The van der Waals surface area contributed by atoms with Crippen molar-refractivity contribution in [1.29, 1.82) is 0 Å². The van der Waals surface area contributed by atoms with Crippen molar-refractivity contribution >= 4 is 5.78 Å². The second-order valence-electron chi connectivity index (χ2n) is 11.2. The Morgan fingerprint density at radius 2 is 1.89 bits per heavy atom. The summed E-state index contributed by atoms with van der Waals surface area (Å²) < 4.78 is 0. The molecular weight excluding hydrogens is 352 g/mol. The van der Waals surface area contributed by atoms with E-state index in [0.717, 1.165) is 44.9 Å². The van der Waals surface area contributed by atoms with Gasteiger partial charge < -0.3 is 15.3 Å². The van der Waals surface area contributed by atoms with Gasteiger partial charge in [-0.3, -0.25) is 4.79 Å². The number of carbonyl (C=O) groups is 1. The Bertz CT molecular complexity index is 605. The van der Waals surface area contributed by atoms with Crippen molar-refractivity contribution in [1.82, 2.24) is 0 Å². The first-order valence-corrected chi connectivity index (χ1v) is 11.7. The Hall–Kier alpha value is -0.450. The van der Waals surface area contributed by atoms with Crippen LogP contribution in [0.25, 0.3) is 0 Å². The van der Waals surface area contributed by atoms with Crippen molar-refractivity contribution in [3.05, 3.63) is 0 Å². The highest BCUT2D eigenvalue weighted by Gasteiger charge is 2.65. The molecule has 4 heteroatoms. The third kappa shape index (κ3) is 2.93. The lowest BCUT2D eigenvalue weighted by Gasteiger charge is -2.63. The van der Waals surface area contributed by atoms with Gasteiger partial charge in [0.15, 0.2) is 0 Å². The molecule has 4 nitrogen and oxygen atoms in total. The van der Waals surface area contributed by atoms with E-state index in [1.807, 2.05) is 0 Å². The molecule has 0 aromatic heterocycles. The Kier molecular flexibility index (Phi) is 5.46. The van der Waals surface area contributed by atoms with E-state index < -0.39 is 0 Å². The zero-order chi connectivity index (χ0) is 20.3. The summed E-state index contributed by atoms with van der Waals surface area (Å²) in [4.78, 5) is 12.1. The number of aliphatic hydroxyl groups excluding tert-OH is 3. The quantitative estimate of drug-likeness (QED) is 0.683. The first-order valence-electron chi connectivity index (χ1n) is 11.7. The SMILES string of the molecule is CC(CCCO)C1CCC2C3C(O)CC4CC(=O)CCC4(C)C3CC(O)C12C. The van der Waals surface area contributed by atoms with Crippen molar-refractivity contribution in [2.24, 2.45) is 46.3 Å². The summed E-state index contributed by atoms with van der Waals surface area (Å²) in [7, 11) is 0. The minimum atomic E-state index is -0.336. The Morgan fingerprint density at radius 3 is 2.61 bits per heavy atom. The van der Waals surface area contributed by atoms with Crippen LogP contribution in [0.3, 0.4) is 0 Å². The van der Waals surface area contributed by atoms with E-state index in [1.165, 1.54) is 0 Å². The van der Waals surface area contributed by atoms with E-state index in [-0.39, 0.29) is 41.5 Å². The maximum absolute atomic E-state index is 12.1. The van der Waals surface area contributed by atoms with Gasteiger partial charge in [0.25, 0.3) is 0 Å². The monoisotopic (exact) mass is 392 g/mol. The number of ketones is 1. The normalized spacial score (nSPS) is 51.9. The van der Waals surface area contributed by atoms with E-state index >= 15 is 0 Å². The number of carbonyl (C=O) groups excluding carboxylic acids is 1. The van der Waals surface area contributed by atoms with Gasteiger partial charge in [0.1, 0.15) is 5.78 Å². The zero-order valence-corrected chi connectivity index (χ0v) is 17.9. The fourth-order valence-corrected chi connectivity index (χ4v) is 8.56. The highest BCUT2D eigenvalue weighted by Crippen LogP contribution is 2.68. The van der Waals surface area contributed by atoms with E-state index in [9.17, 15) is 20.1 Å². The molecule has 0 amide bonds. The summed E-state index contributed by atoms with van der Waals surface area (Å²) in [5, 5.41) is 31.9. The van der Waals surface area contributed by atoms with Gasteiger partial charge in [-0.25, -0.2) is 0 Å². The molecule has 0 radical (unpaired) electrons. The van der Waals surface area contributed by atoms with E-state index in [0.29, 0.717) is 42.3 Å². The van der Waals surface area contributed by atoms with Crippen molar-refractivity contribution in [3.63, 3.8) is 0 Å². The topological polar surface area (TPSA) is 77.8 Å². The van der Waals surface area contributed by atoms with E-state index in [4.69, 9.17) is 0 Å². The molecule has 4 aliphatic carbocycles.